The number of ether oxygens (including phenoxy) is 1. The van der Waals surface area contributed by atoms with Gasteiger partial charge in [-0.3, -0.25) is 4.79 Å². The number of para-hydroxylation sites is 1. The Morgan fingerprint density at radius 1 is 1.11 bits per heavy atom. The number of likely N-dealkylation sites (tertiary alicyclic amines) is 1. The van der Waals surface area contributed by atoms with E-state index in [9.17, 15) is 4.79 Å². The maximum absolute atomic E-state index is 13.0. The van der Waals surface area contributed by atoms with Crippen molar-refractivity contribution in [2.24, 2.45) is 0 Å². The summed E-state index contributed by atoms with van der Waals surface area (Å²) in [7, 11) is 0. The molecule has 1 aliphatic rings. The van der Waals surface area contributed by atoms with Gasteiger partial charge in [-0.25, -0.2) is 9.50 Å². The molecule has 8 heteroatoms. The molecule has 4 heterocycles. The Balaban J connectivity index is 1.15. The van der Waals surface area contributed by atoms with Gasteiger partial charge >= 0.3 is 0 Å². The van der Waals surface area contributed by atoms with Gasteiger partial charge in [-0.05, 0) is 55.3 Å². The molecule has 176 valence electrons. The van der Waals surface area contributed by atoms with Crippen LogP contribution in [0.25, 0.3) is 28.1 Å². The van der Waals surface area contributed by atoms with Crippen LogP contribution in [0.2, 0.25) is 5.02 Å². The van der Waals surface area contributed by atoms with E-state index in [-0.39, 0.29) is 11.9 Å². The van der Waals surface area contributed by atoms with Crippen LogP contribution in [0.3, 0.4) is 0 Å². The van der Waals surface area contributed by atoms with Crippen molar-refractivity contribution in [1.29, 1.82) is 0 Å². The number of rotatable bonds is 6. The summed E-state index contributed by atoms with van der Waals surface area (Å²) in [5.41, 5.74) is 2.95. The third-order valence-corrected chi connectivity index (χ3v) is 6.70. The summed E-state index contributed by atoms with van der Waals surface area (Å²) in [6.07, 6.45) is 4.44. The van der Waals surface area contributed by atoms with Crippen molar-refractivity contribution in [2.45, 2.75) is 25.3 Å². The summed E-state index contributed by atoms with van der Waals surface area (Å²) in [5.74, 6) is 1.24. The van der Waals surface area contributed by atoms with Gasteiger partial charge in [0.2, 0.25) is 5.88 Å². The largest absolute Gasteiger partial charge is 0.477 e. The number of nitrogens with zero attached hydrogens (tertiary/aromatic N) is 4. The first kappa shape index (κ1) is 21.7. The summed E-state index contributed by atoms with van der Waals surface area (Å²) < 4.78 is 13.7. The summed E-state index contributed by atoms with van der Waals surface area (Å²) in [6, 6.07) is 20.8. The molecule has 1 atom stereocenters. The maximum Gasteiger partial charge on any atom is 0.254 e. The quantitative estimate of drug-likeness (QED) is 0.300. The molecule has 35 heavy (non-hydrogen) atoms. The van der Waals surface area contributed by atoms with Crippen LogP contribution in [0.5, 0.6) is 5.88 Å². The molecule has 1 aliphatic heterocycles. The summed E-state index contributed by atoms with van der Waals surface area (Å²) in [4.78, 5) is 19.4. The molecule has 0 radical (unpaired) electrons. The van der Waals surface area contributed by atoms with E-state index in [1.54, 1.807) is 35.0 Å². The van der Waals surface area contributed by atoms with E-state index in [4.69, 9.17) is 20.8 Å². The number of benzene rings is 2. The van der Waals surface area contributed by atoms with Gasteiger partial charge in [0.1, 0.15) is 11.3 Å². The lowest BCUT2D eigenvalue weighted by molar-refractivity contribution is 0.0719. The minimum Gasteiger partial charge on any atom is -0.477 e. The first-order valence-electron chi connectivity index (χ1n) is 11.7. The zero-order chi connectivity index (χ0) is 23.8. The third kappa shape index (κ3) is 4.23. The van der Waals surface area contributed by atoms with Crippen LogP contribution in [0.15, 0.2) is 77.3 Å². The maximum atomic E-state index is 13.0. The molecule has 6 rings (SSSR count). The number of amides is 1. The fourth-order valence-corrected chi connectivity index (χ4v) is 4.80. The molecular weight excluding hydrogens is 464 g/mol. The number of carbonyl (C=O) groups excluding carboxylic acids is 1. The van der Waals surface area contributed by atoms with Crippen molar-refractivity contribution in [1.82, 2.24) is 19.5 Å². The van der Waals surface area contributed by atoms with Gasteiger partial charge in [0.05, 0.1) is 12.8 Å². The lowest BCUT2D eigenvalue weighted by atomic mass is 10.1. The van der Waals surface area contributed by atoms with E-state index in [0.717, 1.165) is 42.5 Å². The van der Waals surface area contributed by atoms with E-state index in [1.807, 2.05) is 47.4 Å². The Hall–Kier alpha value is -3.84. The fraction of sp³-hybridized carbons (Fsp3) is 0.222. The molecule has 0 spiro atoms. The van der Waals surface area contributed by atoms with Crippen molar-refractivity contribution >= 4 is 34.1 Å². The van der Waals surface area contributed by atoms with Crippen LogP contribution < -0.4 is 4.74 Å². The van der Waals surface area contributed by atoms with Gasteiger partial charge < -0.3 is 14.1 Å². The number of hydrogen-bond donors (Lipinski definition) is 0. The topological polar surface area (TPSA) is 72.9 Å². The Bertz CT molecular complexity index is 1480. The molecule has 3 aromatic heterocycles. The van der Waals surface area contributed by atoms with E-state index >= 15 is 0 Å². The molecule has 1 fully saturated rings. The molecule has 0 aliphatic carbocycles. The molecule has 1 saturated heterocycles. The molecule has 2 aromatic carbocycles. The van der Waals surface area contributed by atoms with Crippen LogP contribution in [-0.4, -0.2) is 44.6 Å². The normalized spacial score (nSPS) is 15.8. The highest BCUT2D eigenvalue weighted by Gasteiger charge is 2.29. The number of carbonyl (C=O) groups is 1. The van der Waals surface area contributed by atoms with Crippen molar-refractivity contribution in [2.75, 3.05) is 13.2 Å². The third-order valence-electron chi connectivity index (χ3n) is 6.45. The summed E-state index contributed by atoms with van der Waals surface area (Å²) in [6.45, 7) is 1.22. The SMILES string of the molecule is O=C(c1ccc(Cl)cc1)N1CCC[C@H]1CCOc1ccc2ncc(-c3cc4ccccc4o3)n2n1. The van der Waals surface area contributed by atoms with Crippen molar-refractivity contribution in [3.63, 3.8) is 0 Å². The van der Waals surface area contributed by atoms with Crippen LogP contribution in [0, 0.1) is 0 Å². The lowest BCUT2D eigenvalue weighted by Crippen LogP contribution is -2.36. The number of hydrogen-bond acceptors (Lipinski definition) is 5. The Kier molecular flexibility index (Phi) is 5.62. The molecule has 5 aromatic rings. The Morgan fingerprint density at radius 3 is 2.83 bits per heavy atom. The monoisotopic (exact) mass is 486 g/mol. The van der Waals surface area contributed by atoms with Crippen molar-refractivity contribution in [3.8, 4) is 17.3 Å². The number of halogens is 1. The van der Waals surface area contributed by atoms with E-state index in [0.29, 0.717) is 34.5 Å². The number of furan rings is 1. The standard InChI is InChI=1S/C27H23ClN4O3/c28-20-9-7-18(8-10-20)27(33)31-14-3-5-21(31)13-15-34-26-12-11-25-29-17-22(32(25)30-26)24-16-19-4-1-2-6-23(19)35-24/h1-2,4,6-12,16-17,21H,3,5,13-15H2/t21-/m0/s1. The fourth-order valence-electron chi connectivity index (χ4n) is 4.67. The van der Waals surface area contributed by atoms with Gasteiger partial charge in [0.15, 0.2) is 11.4 Å². The average molecular weight is 487 g/mol. The second kappa shape index (κ2) is 9.07. The van der Waals surface area contributed by atoms with Gasteiger partial charge in [0, 0.05) is 41.0 Å². The lowest BCUT2D eigenvalue weighted by Gasteiger charge is -2.24. The molecule has 0 bridgehead atoms. The highest BCUT2D eigenvalue weighted by Crippen LogP contribution is 2.28. The van der Waals surface area contributed by atoms with Crippen LogP contribution in [0.1, 0.15) is 29.6 Å². The van der Waals surface area contributed by atoms with E-state index < -0.39 is 0 Å². The van der Waals surface area contributed by atoms with E-state index in [2.05, 4.69) is 10.1 Å². The van der Waals surface area contributed by atoms with Gasteiger partial charge in [-0.2, -0.15) is 0 Å². The average Bonchev–Trinajstić information content (AvgIpc) is 3.61. The van der Waals surface area contributed by atoms with Gasteiger partial charge in [-0.15, -0.1) is 5.10 Å². The van der Waals surface area contributed by atoms with Gasteiger partial charge in [-0.1, -0.05) is 29.8 Å². The molecule has 0 unspecified atom stereocenters. The highest BCUT2D eigenvalue weighted by molar-refractivity contribution is 6.30. The smallest absolute Gasteiger partial charge is 0.254 e. The first-order chi connectivity index (χ1) is 17.2. The minimum absolute atomic E-state index is 0.0394. The predicted molar refractivity (Wildman–Crippen MR) is 134 cm³/mol. The van der Waals surface area contributed by atoms with E-state index in [1.165, 1.54) is 0 Å². The zero-order valence-corrected chi connectivity index (χ0v) is 19.7. The molecule has 0 saturated carbocycles. The number of imidazole rings is 1. The summed E-state index contributed by atoms with van der Waals surface area (Å²) in [5, 5.41) is 6.29. The molecule has 7 nitrogen and oxygen atoms in total. The Morgan fingerprint density at radius 2 is 1.97 bits per heavy atom. The van der Waals surface area contributed by atoms with Crippen LogP contribution in [0.4, 0.5) is 0 Å². The van der Waals surface area contributed by atoms with Gasteiger partial charge in [0.25, 0.3) is 5.91 Å². The number of aromatic nitrogens is 3. The second-order valence-corrected chi connectivity index (χ2v) is 9.11. The first-order valence-corrected chi connectivity index (χ1v) is 12.1. The predicted octanol–water partition coefficient (Wildman–Crippen LogP) is 5.87. The highest BCUT2D eigenvalue weighted by atomic mass is 35.5. The Labute approximate surface area is 206 Å². The zero-order valence-electron chi connectivity index (χ0n) is 18.9. The molecular formula is C27H23ClN4O3. The summed E-state index contributed by atoms with van der Waals surface area (Å²) >= 11 is 5.97. The van der Waals surface area contributed by atoms with Crippen LogP contribution >= 0.6 is 11.6 Å². The van der Waals surface area contributed by atoms with Crippen LogP contribution in [-0.2, 0) is 0 Å². The number of fused-ring (bicyclic) bond motifs is 2. The van der Waals surface area contributed by atoms with Crippen molar-refractivity contribution in [3.05, 3.63) is 83.5 Å². The second-order valence-electron chi connectivity index (χ2n) is 8.67. The molecule has 1 amide bonds. The minimum atomic E-state index is 0.0394. The van der Waals surface area contributed by atoms with Crippen molar-refractivity contribution < 1.29 is 13.9 Å². The molecule has 0 N–H and O–H groups in total.